The summed E-state index contributed by atoms with van der Waals surface area (Å²) in [6, 6.07) is 4.26. The van der Waals surface area contributed by atoms with Crippen molar-refractivity contribution >= 4 is 11.6 Å². The van der Waals surface area contributed by atoms with E-state index in [9.17, 15) is 4.79 Å². The molecule has 0 radical (unpaired) electrons. The summed E-state index contributed by atoms with van der Waals surface area (Å²) in [7, 11) is 0. The molecule has 0 aliphatic carbocycles. The first-order valence-electron chi connectivity index (χ1n) is 9.54. The molecule has 2 aromatic rings. The Balaban J connectivity index is 1.43. The number of carbonyl (C=O) groups is 1. The van der Waals surface area contributed by atoms with Gasteiger partial charge in [-0.2, -0.15) is 10.4 Å². The molecule has 2 aliphatic rings. The van der Waals surface area contributed by atoms with Gasteiger partial charge >= 0.3 is 0 Å². The summed E-state index contributed by atoms with van der Waals surface area (Å²) in [5.74, 6) is 0.289. The zero-order valence-corrected chi connectivity index (χ0v) is 15.6. The van der Waals surface area contributed by atoms with Gasteiger partial charge in [-0.3, -0.25) is 9.78 Å². The second-order valence-electron chi connectivity index (χ2n) is 7.49. The lowest BCUT2D eigenvalue weighted by Crippen LogP contribution is -2.42. The third kappa shape index (κ3) is 3.52. The van der Waals surface area contributed by atoms with Crippen molar-refractivity contribution in [2.24, 2.45) is 11.8 Å². The molecular formula is C20H24N6O. The zero-order chi connectivity index (χ0) is 18.8. The van der Waals surface area contributed by atoms with Crippen LogP contribution in [0.4, 0.5) is 5.69 Å². The predicted octanol–water partition coefficient (Wildman–Crippen LogP) is 2.16. The van der Waals surface area contributed by atoms with Gasteiger partial charge in [0.1, 0.15) is 0 Å². The number of likely N-dealkylation sites (tertiary alicyclic amines) is 1. The van der Waals surface area contributed by atoms with Gasteiger partial charge in [-0.15, -0.1) is 0 Å². The van der Waals surface area contributed by atoms with Gasteiger partial charge in [0.25, 0.3) is 0 Å². The Hall–Kier alpha value is -2.88. The van der Waals surface area contributed by atoms with Crippen molar-refractivity contribution in [3.05, 3.63) is 36.4 Å². The molecule has 2 aromatic heterocycles. The smallest absolute Gasteiger partial charge is 0.225 e. The van der Waals surface area contributed by atoms with E-state index in [4.69, 9.17) is 5.26 Å². The van der Waals surface area contributed by atoms with Crippen molar-refractivity contribution in [2.75, 3.05) is 31.1 Å². The van der Waals surface area contributed by atoms with Crippen molar-refractivity contribution in [3.8, 4) is 11.8 Å². The number of nitrogens with zero attached hydrogens (tertiary/aromatic N) is 6. The lowest BCUT2D eigenvalue weighted by molar-refractivity contribution is -0.135. The van der Waals surface area contributed by atoms with Gasteiger partial charge < -0.3 is 9.80 Å². The molecule has 1 unspecified atom stereocenters. The largest absolute Gasteiger partial charge is 0.368 e. The van der Waals surface area contributed by atoms with E-state index in [2.05, 4.69) is 21.1 Å². The summed E-state index contributed by atoms with van der Waals surface area (Å²) < 4.78 is 1.88. The Morgan fingerprint density at radius 1 is 1.19 bits per heavy atom. The van der Waals surface area contributed by atoms with Crippen LogP contribution in [0.1, 0.15) is 24.8 Å². The van der Waals surface area contributed by atoms with Crippen LogP contribution in [0.2, 0.25) is 0 Å². The van der Waals surface area contributed by atoms with Crippen molar-refractivity contribution in [2.45, 2.75) is 26.2 Å². The Kier molecular flexibility index (Phi) is 4.80. The molecule has 2 aliphatic heterocycles. The fourth-order valence-corrected chi connectivity index (χ4v) is 4.05. The Morgan fingerprint density at radius 2 is 2.00 bits per heavy atom. The highest BCUT2D eigenvalue weighted by Crippen LogP contribution is 2.29. The lowest BCUT2D eigenvalue weighted by atomic mass is 9.95. The molecule has 27 heavy (non-hydrogen) atoms. The molecular weight excluding hydrogens is 340 g/mol. The summed E-state index contributed by atoms with van der Waals surface area (Å²) in [6.45, 7) is 5.00. The molecule has 7 nitrogen and oxygen atoms in total. The lowest BCUT2D eigenvalue weighted by Gasteiger charge is -2.35. The summed E-state index contributed by atoms with van der Waals surface area (Å²) >= 11 is 0. The van der Waals surface area contributed by atoms with Gasteiger partial charge in [-0.25, -0.2) is 4.68 Å². The number of hydrogen-bond acceptors (Lipinski definition) is 5. The summed E-state index contributed by atoms with van der Waals surface area (Å²) in [6.07, 6.45) is 9.99. The molecule has 1 amide bonds. The number of nitriles is 1. The third-order valence-electron chi connectivity index (χ3n) is 5.60. The second-order valence-corrected chi connectivity index (χ2v) is 7.49. The summed E-state index contributed by atoms with van der Waals surface area (Å²) in [5, 5.41) is 13.5. The van der Waals surface area contributed by atoms with Crippen LogP contribution in [-0.2, 0) is 4.79 Å². The zero-order valence-electron chi connectivity index (χ0n) is 15.6. The fourth-order valence-electron chi connectivity index (χ4n) is 4.05. The standard InChI is InChI=1S/C20H24N6O/c1-15-11-23-26(13-15)18-2-6-22-12-19(18)24-8-4-17(5-9-24)20(27)25-7-3-16(10-21)14-25/h2,6,11-13,16-17H,3-5,7-9,14H2,1H3. The Bertz CT molecular complexity index is 861. The van der Waals surface area contributed by atoms with E-state index in [0.717, 1.165) is 55.8 Å². The van der Waals surface area contributed by atoms with Crippen LogP contribution in [0.3, 0.4) is 0 Å². The van der Waals surface area contributed by atoms with Crippen LogP contribution in [0, 0.1) is 30.1 Å². The maximum absolute atomic E-state index is 12.8. The molecule has 140 valence electrons. The van der Waals surface area contributed by atoms with Gasteiger partial charge in [0, 0.05) is 44.5 Å². The average Bonchev–Trinajstić information content (AvgIpc) is 3.36. The van der Waals surface area contributed by atoms with E-state index < -0.39 is 0 Å². The Labute approximate surface area is 159 Å². The number of aromatic nitrogens is 3. The molecule has 0 bridgehead atoms. The van der Waals surface area contributed by atoms with Crippen LogP contribution in [-0.4, -0.2) is 51.8 Å². The van der Waals surface area contributed by atoms with Crippen LogP contribution in [0.15, 0.2) is 30.9 Å². The molecule has 4 rings (SSSR count). The first-order valence-corrected chi connectivity index (χ1v) is 9.54. The average molecular weight is 364 g/mol. The van der Waals surface area contributed by atoms with Crippen LogP contribution >= 0.6 is 0 Å². The van der Waals surface area contributed by atoms with E-state index in [1.54, 1.807) is 6.20 Å². The number of amides is 1. The van der Waals surface area contributed by atoms with E-state index in [1.807, 2.05) is 41.2 Å². The summed E-state index contributed by atoms with van der Waals surface area (Å²) in [4.78, 5) is 21.2. The number of piperidine rings is 1. The fraction of sp³-hybridized carbons (Fsp3) is 0.500. The van der Waals surface area contributed by atoms with Crippen LogP contribution in [0.25, 0.3) is 5.69 Å². The normalized spacial score (nSPS) is 20.7. The Morgan fingerprint density at radius 3 is 2.67 bits per heavy atom. The van der Waals surface area contributed by atoms with Crippen molar-refractivity contribution in [1.29, 1.82) is 5.26 Å². The minimum absolute atomic E-state index is 0.00418. The van der Waals surface area contributed by atoms with Crippen LogP contribution in [0.5, 0.6) is 0 Å². The number of carbonyl (C=O) groups excluding carboxylic acids is 1. The highest BCUT2D eigenvalue weighted by Gasteiger charge is 2.33. The van der Waals surface area contributed by atoms with Gasteiger partial charge in [-0.1, -0.05) is 0 Å². The predicted molar refractivity (Wildman–Crippen MR) is 101 cm³/mol. The molecule has 2 fully saturated rings. The SMILES string of the molecule is Cc1cnn(-c2ccncc2N2CCC(C(=O)N3CCC(C#N)C3)CC2)c1. The van der Waals surface area contributed by atoms with Crippen LogP contribution < -0.4 is 4.90 Å². The van der Waals surface area contributed by atoms with Crippen molar-refractivity contribution < 1.29 is 4.79 Å². The number of aryl methyl sites for hydroxylation is 1. The van der Waals surface area contributed by atoms with Gasteiger partial charge in [-0.05, 0) is 37.8 Å². The topological polar surface area (TPSA) is 78.1 Å². The number of hydrogen-bond donors (Lipinski definition) is 0. The van der Waals surface area contributed by atoms with E-state index >= 15 is 0 Å². The number of pyridine rings is 1. The van der Waals surface area contributed by atoms with Crippen molar-refractivity contribution in [1.82, 2.24) is 19.7 Å². The number of rotatable bonds is 3. The maximum atomic E-state index is 12.8. The van der Waals surface area contributed by atoms with Gasteiger partial charge in [0.15, 0.2) is 0 Å². The molecule has 4 heterocycles. The molecule has 0 N–H and O–H groups in total. The van der Waals surface area contributed by atoms with Crippen molar-refractivity contribution in [3.63, 3.8) is 0 Å². The van der Waals surface area contributed by atoms with E-state index in [1.165, 1.54) is 0 Å². The highest BCUT2D eigenvalue weighted by atomic mass is 16.2. The van der Waals surface area contributed by atoms with E-state index in [0.29, 0.717) is 6.54 Å². The highest BCUT2D eigenvalue weighted by molar-refractivity contribution is 5.79. The molecule has 1 atom stereocenters. The number of anilines is 1. The molecule has 0 saturated carbocycles. The van der Waals surface area contributed by atoms with E-state index in [-0.39, 0.29) is 17.7 Å². The molecule has 7 heteroatoms. The minimum Gasteiger partial charge on any atom is -0.368 e. The summed E-state index contributed by atoms with van der Waals surface area (Å²) in [5.41, 5.74) is 3.18. The second kappa shape index (κ2) is 7.39. The third-order valence-corrected chi connectivity index (χ3v) is 5.60. The molecule has 0 aromatic carbocycles. The van der Waals surface area contributed by atoms with Gasteiger partial charge in [0.05, 0.1) is 35.8 Å². The minimum atomic E-state index is 0.00418. The quantitative estimate of drug-likeness (QED) is 0.834. The molecule has 0 spiro atoms. The first kappa shape index (κ1) is 17.5. The maximum Gasteiger partial charge on any atom is 0.225 e. The monoisotopic (exact) mass is 364 g/mol. The van der Waals surface area contributed by atoms with Gasteiger partial charge in [0.2, 0.25) is 5.91 Å². The first-order chi connectivity index (χ1) is 13.2. The molecule has 2 saturated heterocycles.